The first-order chi connectivity index (χ1) is 10.0. The van der Waals surface area contributed by atoms with Crippen LogP contribution >= 0.6 is 11.8 Å². The number of rotatable bonds is 6. The first-order valence-corrected chi connectivity index (χ1v) is 8.02. The van der Waals surface area contributed by atoms with Crippen LogP contribution in [0.25, 0.3) is 0 Å². The highest BCUT2D eigenvalue weighted by molar-refractivity contribution is 7.99. The molecule has 0 aromatic heterocycles. The average Bonchev–Trinajstić information content (AvgIpc) is 2.50. The number of hydrogen-bond acceptors (Lipinski definition) is 5. The van der Waals surface area contributed by atoms with Crippen LogP contribution in [-0.2, 0) is 0 Å². The van der Waals surface area contributed by atoms with Crippen LogP contribution in [-0.4, -0.2) is 30.0 Å². The van der Waals surface area contributed by atoms with Gasteiger partial charge in [-0.3, -0.25) is 0 Å². The lowest BCUT2D eigenvalue weighted by molar-refractivity contribution is 0.171. The zero-order chi connectivity index (χ0) is 15.3. The molecule has 1 heterocycles. The molecule has 0 unspecified atom stereocenters. The summed E-state index contributed by atoms with van der Waals surface area (Å²) in [7, 11) is 0. The Labute approximate surface area is 129 Å². The smallest absolute Gasteiger partial charge is 0.162 e. The third-order valence-corrected chi connectivity index (χ3v) is 4.61. The number of nitrogens with zero attached hydrogens (tertiary/aromatic N) is 1. The van der Waals surface area contributed by atoms with Gasteiger partial charge in [0.2, 0.25) is 0 Å². The number of fused-ring (bicyclic) bond motifs is 1. The number of benzene rings is 1. The molecule has 1 aromatic carbocycles. The summed E-state index contributed by atoms with van der Waals surface area (Å²) in [5, 5.41) is 11.9. The first-order valence-electron chi connectivity index (χ1n) is 7.03. The van der Waals surface area contributed by atoms with Crippen LogP contribution in [0.15, 0.2) is 28.3 Å². The SMILES string of the molecule is CC(C)(CCCSc1ccc2c(c1)OCCO2)/C(N)=N/O. The van der Waals surface area contributed by atoms with Crippen molar-refractivity contribution in [3.05, 3.63) is 18.2 Å². The molecule has 1 aromatic rings. The fourth-order valence-electron chi connectivity index (χ4n) is 2.08. The third kappa shape index (κ3) is 4.20. The van der Waals surface area contributed by atoms with Gasteiger partial charge in [0.15, 0.2) is 11.5 Å². The van der Waals surface area contributed by atoms with Gasteiger partial charge < -0.3 is 20.4 Å². The van der Waals surface area contributed by atoms with Gasteiger partial charge in [-0.2, -0.15) is 0 Å². The van der Waals surface area contributed by atoms with Crippen molar-refractivity contribution >= 4 is 17.6 Å². The summed E-state index contributed by atoms with van der Waals surface area (Å²) in [4.78, 5) is 1.17. The lowest BCUT2D eigenvalue weighted by Crippen LogP contribution is -2.31. The molecule has 21 heavy (non-hydrogen) atoms. The fourth-order valence-corrected chi connectivity index (χ4v) is 2.96. The van der Waals surface area contributed by atoms with E-state index < -0.39 is 0 Å². The van der Waals surface area contributed by atoms with Gasteiger partial charge in [0, 0.05) is 10.3 Å². The Balaban J connectivity index is 1.81. The molecule has 0 aliphatic carbocycles. The molecule has 6 heteroatoms. The predicted molar refractivity (Wildman–Crippen MR) is 84.6 cm³/mol. The lowest BCUT2D eigenvalue weighted by atomic mass is 9.87. The van der Waals surface area contributed by atoms with E-state index in [1.54, 1.807) is 11.8 Å². The molecule has 0 spiro atoms. The molecule has 0 saturated carbocycles. The Morgan fingerprint density at radius 2 is 2.05 bits per heavy atom. The highest BCUT2D eigenvalue weighted by atomic mass is 32.2. The van der Waals surface area contributed by atoms with Crippen LogP contribution in [0.1, 0.15) is 26.7 Å². The van der Waals surface area contributed by atoms with Crippen molar-refractivity contribution in [2.45, 2.75) is 31.6 Å². The molecule has 116 valence electrons. The summed E-state index contributed by atoms with van der Waals surface area (Å²) < 4.78 is 11.1. The maximum absolute atomic E-state index is 8.75. The molecule has 0 bridgehead atoms. The van der Waals surface area contributed by atoms with Gasteiger partial charge in [-0.25, -0.2) is 0 Å². The predicted octanol–water partition coefficient (Wildman–Crippen LogP) is 3.10. The number of nitrogens with two attached hydrogens (primary N) is 1. The van der Waals surface area contributed by atoms with Crippen LogP contribution < -0.4 is 15.2 Å². The van der Waals surface area contributed by atoms with Crippen molar-refractivity contribution in [1.29, 1.82) is 0 Å². The van der Waals surface area contributed by atoms with Crippen LogP contribution in [0.3, 0.4) is 0 Å². The highest BCUT2D eigenvalue weighted by Gasteiger charge is 2.22. The van der Waals surface area contributed by atoms with Gasteiger partial charge in [-0.15, -0.1) is 11.8 Å². The Bertz CT molecular complexity index is 518. The first kappa shape index (κ1) is 15.8. The molecule has 0 atom stereocenters. The number of amidine groups is 1. The molecule has 0 radical (unpaired) electrons. The van der Waals surface area contributed by atoms with Gasteiger partial charge in [0.1, 0.15) is 19.0 Å². The van der Waals surface area contributed by atoms with Crippen molar-refractivity contribution in [2.75, 3.05) is 19.0 Å². The summed E-state index contributed by atoms with van der Waals surface area (Å²) in [6, 6.07) is 6.03. The summed E-state index contributed by atoms with van der Waals surface area (Å²) in [6.45, 7) is 5.19. The quantitative estimate of drug-likeness (QED) is 0.211. The molecule has 0 amide bonds. The Kier molecular flexibility index (Phi) is 5.22. The minimum atomic E-state index is -0.276. The summed E-state index contributed by atoms with van der Waals surface area (Å²) in [6.07, 6.45) is 1.86. The van der Waals surface area contributed by atoms with Gasteiger partial charge in [0.25, 0.3) is 0 Å². The average molecular weight is 310 g/mol. The van der Waals surface area contributed by atoms with Crippen LogP contribution in [0, 0.1) is 5.41 Å². The minimum Gasteiger partial charge on any atom is -0.486 e. The van der Waals surface area contributed by atoms with Gasteiger partial charge in [-0.1, -0.05) is 19.0 Å². The maximum atomic E-state index is 8.75. The zero-order valence-corrected chi connectivity index (χ0v) is 13.3. The summed E-state index contributed by atoms with van der Waals surface area (Å²) >= 11 is 1.77. The number of ether oxygens (including phenoxy) is 2. The van der Waals surface area contributed by atoms with E-state index in [0.29, 0.717) is 13.2 Å². The molecular formula is C15H22N2O3S. The Morgan fingerprint density at radius 1 is 1.33 bits per heavy atom. The number of hydrogen-bond donors (Lipinski definition) is 2. The second kappa shape index (κ2) is 6.93. The standard InChI is InChI=1S/C15H22N2O3S/c1-15(2,14(16)17-18)6-3-9-21-11-4-5-12-13(10-11)20-8-7-19-12/h4-5,10,18H,3,6-9H2,1-2H3,(H2,16,17). The van der Waals surface area contributed by atoms with E-state index in [-0.39, 0.29) is 11.3 Å². The molecule has 1 aliphatic rings. The van der Waals surface area contributed by atoms with Crippen molar-refractivity contribution < 1.29 is 14.7 Å². The van der Waals surface area contributed by atoms with E-state index in [9.17, 15) is 0 Å². The van der Waals surface area contributed by atoms with E-state index in [1.807, 2.05) is 32.0 Å². The maximum Gasteiger partial charge on any atom is 0.162 e. The monoisotopic (exact) mass is 310 g/mol. The highest BCUT2D eigenvalue weighted by Crippen LogP contribution is 2.34. The van der Waals surface area contributed by atoms with E-state index in [2.05, 4.69) is 5.16 Å². The van der Waals surface area contributed by atoms with E-state index in [4.69, 9.17) is 20.4 Å². The second-order valence-electron chi connectivity index (χ2n) is 5.63. The summed E-state index contributed by atoms with van der Waals surface area (Å²) in [5.74, 6) is 2.90. The van der Waals surface area contributed by atoms with E-state index >= 15 is 0 Å². The molecule has 2 rings (SSSR count). The van der Waals surface area contributed by atoms with Crippen molar-refractivity contribution in [1.82, 2.24) is 0 Å². The fraction of sp³-hybridized carbons (Fsp3) is 0.533. The van der Waals surface area contributed by atoms with E-state index in [0.717, 1.165) is 30.1 Å². The summed E-state index contributed by atoms with van der Waals surface area (Å²) in [5.41, 5.74) is 5.41. The molecular weight excluding hydrogens is 288 g/mol. The topological polar surface area (TPSA) is 77.1 Å². The normalized spacial score (nSPS) is 15.0. The lowest BCUT2D eigenvalue weighted by Gasteiger charge is -2.22. The molecule has 3 N–H and O–H groups in total. The van der Waals surface area contributed by atoms with Gasteiger partial charge in [-0.05, 0) is 36.8 Å². The van der Waals surface area contributed by atoms with Gasteiger partial charge >= 0.3 is 0 Å². The van der Waals surface area contributed by atoms with E-state index in [1.165, 1.54) is 4.90 Å². The van der Waals surface area contributed by atoms with Crippen LogP contribution in [0.2, 0.25) is 0 Å². The zero-order valence-electron chi connectivity index (χ0n) is 12.5. The second-order valence-corrected chi connectivity index (χ2v) is 6.79. The molecule has 5 nitrogen and oxygen atoms in total. The molecule has 0 saturated heterocycles. The van der Waals surface area contributed by atoms with Gasteiger partial charge in [0.05, 0.1) is 0 Å². The van der Waals surface area contributed by atoms with Crippen LogP contribution in [0.4, 0.5) is 0 Å². The Morgan fingerprint density at radius 3 is 2.76 bits per heavy atom. The van der Waals surface area contributed by atoms with Crippen LogP contribution in [0.5, 0.6) is 11.5 Å². The molecule has 1 aliphatic heterocycles. The third-order valence-electron chi connectivity index (χ3n) is 3.53. The van der Waals surface area contributed by atoms with Crippen molar-refractivity contribution in [3.8, 4) is 11.5 Å². The minimum absolute atomic E-state index is 0.276. The number of oxime groups is 1. The molecule has 0 fully saturated rings. The van der Waals surface area contributed by atoms with Crippen molar-refractivity contribution in [3.63, 3.8) is 0 Å². The largest absolute Gasteiger partial charge is 0.486 e. The van der Waals surface area contributed by atoms with Crippen molar-refractivity contribution in [2.24, 2.45) is 16.3 Å². The number of thioether (sulfide) groups is 1. The Hall–Kier alpha value is -1.56.